The molecule has 6 aliphatic rings. The molecule has 23 heavy (non-hydrogen) atoms. The molecule has 2 atom stereocenters. The van der Waals surface area contributed by atoms with E-state index in [4.69, 9.17) is 0 Å². The molecule has 0 amide bonds. The molecule has 0 aromatic rings. The van der Waals surface area contributed by atoms with Crippen molar-refractivity contribution in [2.24, 2.45) is 39.9 Å². The zero-order valence-corrected chi connectivity index (χ0v) is 15.7. The summed E-state index contributed by atoms with van der Waals surface area (Å²) in [5, 5.41) is 0. The van der Waals surface area contributed by atoms with Gasteiger partial charge in [-0.15, -0.1) is 0 Å². The molecule has 130 valence electrons. The summed E-state index contributed by atoms with van der Waals surface area (Å²) in [5.74, 6) is 4.32. The zero-order valence-electron chi connectivity index (χ0n) is 15.7. The molecule has 6 bridgehead atoms. The van der Waals surface area contributed by atoms with Gasteiger partial charge in [-0.05, 0) is 104 Å². The third-order valence-corrected chi connectivity index (χ3v) is 9.80. The Balaban J connectivity index is 1.26. The Morgan fingerprint density at radius 3 is 2.09 bits per heavy atom. The van der Waals surface area contributed by atoms with E-state index in [0.717, 1.165) is 29.1 Å². The lowest BCUT2D eigenvalue weighted by atomic mass is 9.49. The number of hydrogen-bond acceptors (Lipinski definition) is 1. The van der Waals surface area contributed by atoms with Crippen LogP contribution in [0.4, 0.5) is 0 Å². The standard InChI is InChI=1S/C22H37N/c1-20(2)19-4-5-21(20,3)15-23(14-19)7-6-22-11-16-8-17(12-22)10-18(9-16)13-22/h16-19H,4-15H2,1-3H3/t16?,17?,18?,19?,21-,22?/m1/s1. The first-order valence-corrected chi connectivity index (χ1v) is 10.6. The monoisotopic (exact) mass is 315 g/mol. The predicted octanol–water partition coefficient (Wildman–Crippen LogP) is 5.35. The highest BCUT2D eigenvalue weighted by Crippen LogP contribution is 2.62. The van der Waals surface area contributed by atoms with Gasteiger partial charge in [0, 0.05) is 13.1 Å². The highest BCUT2D eigenvalue weighted by atomic mass is 15.2. The van der Waals surface area contributed by atoms with E-state index < -0.39 is 0 Å². The van der Waals surface area contributed by atoms with E-state index in [2.05, 4.69) is 25.7 Å². The molecule has 1 nitrogen and oxygen atoms in total. The van der Waals surface area contributed by atoms with Gasteiger partial charge in [-0.1, -0.05) is 20.8 Å². The molecule has 0 spiro atoms. The first kappa shape index (κ1) is 15.2. The maximum Gasteiger partial charge on any atom is 0.00407 e. The average Bonchev–Trinajstić information content (AvgIpc) is 2.61. The Labute approximate surface area is 143 Å². The van der Waals surface area contributed by atoms with Crippen LogP contribution in [0.1, 0.15) is 78.6 Å². The van der Waals surface area contributed by atoms with Crippen molar-refractivity contribution in [1.82, 2.24) is 4.90 Å². The van der Waals surface area contributed by atoms with Crippen molar-refractivity contribution in [3.63, 3.8) is 0 Å². The van der Waals surface area contributed by atoms with Crippen molar-refractivity contribution in [2.75, 3.05) is 19.6 Å². The topological polar surface area (TPSA) is 3.24 Å². The fraction of sp³-hybridized carbons (Fsp3) is 1.00. The largest absolute Gasteiger partial charge is 0.302 e. The number of hydrogen-bond donors (Lipinski definition) is 0. The van der Waals surface area contributed by atoms with Crippen molar-refractivity contribution >= 4 is 0 Å². The molecule has 0 aromatic carbocycles. The molecule has 1 unspecified atom stereocenters. The maximum absolute atomic E-state index is 2.89. The minimum Gasteiger partial charge on any atom is -0.302 e. The maximum atomic E-state index is 2.89. The Hall–Kier alpha value is -0.0400. The van der Waals surface area contributed by atoms with Crippen LogP contribution in [0.3, 0.4) is 0 Å². The van der Waals surface area contributed by atoms with Crippen LogP contribution >= 0.6 is 0 Å². The van der Waals surface area contributed by atoms with Crippen molar-refractivity contribution in [1.29, 1.82) is 0 Å². The van der Waals surface area contributed by atoms with Gasteiger partial charge >= 0.3 is 0 Å². The van der Waals surface area contributed by atoms with Crippen LogP contribution < -0.4 is 0 Å². The van der Waals surface area contributed by atoms with Gasteiger partial charge in [0.2, 0.25) is 0 Å². The summed E-state index contributed by atoms with van der Waals surface area (Å²) in [6.45, 7) is 11.9. The second-order valence-electron chi connectivity index (χ2n) is 11.4. The Bertz CT molecular complexity index is 457. The highest BCUT2D eigenvalue weighted by molar-refractivity contribution is 5.07. The third kappa shape index (κ3) is 2.21. The molecule has 1 heterocycles. The predicted molar refractivity (Wildman–Crippen MR) is 96.3 cm³/mol. The van der Waals surface area contributed by atoms with Gasteiger partial charge in [0.05, 0.1) is 0 Å². The van der Waals surface area contributed by atoms with Crippen LogP contribution in [-0.2, 0) is 0 Å². The van der Waals surface area contributed by atoms with Crippen LogP contribution in [-0.4, -0.2) is 24.5 Å². The molecule has 0 N–H and O–H groups in total. The van der Waals surface area contributed by atoms with Gasteiger partial charge < -0.3 is 4.90 Å². The quantitative estimate of drug-likeness (QED) is 0.678. The Morgan fingerprint density at radius 1 is 0.913 bits per heavy atom. The van der Waals surface area contributed by atoms with E-state index in [-0.39, 0.29) is 0 Å². The Morgan fingerprint density at radius 2 is 1.52 bits per heavy atom. The number of piperidine rings is 1. The Kier molecular flexibility index (Phi) is 3.16. The van der Waals surface area contributed by atoms with E-state index in [1.54, 1.807) is 38.5 Å². The van der Waals surface area contributed by atoms with Crippen molar-refractivity contribution in [3.05, 3.63) is 0 Å². The minimum atomic E-state index is 0.574. The zero-order chi connectivity index (χ0) is 15.9. The number of nitrogens with zero attached hydrogens (tertiary/aromatic N) is 1. The lowest BCUT2D eigenvalue weighted by Crippen LogP contribution is -2.53. The average molecular weight is 316 g/mol. The molecule has 0 aromatic heterocycles. The molecular weight excluding hydrogens is 278 g/mol. The van der Waals surface area contributed by atoms with E-state index in [0.29, 0.717) is 10.8 Å². The van der Waals surface area contributed by atoms with E-state index in [1.165, 1.54) is 38.9 Å². The SMILES string of the molecule is CC1(C)C2CC[C@]1(C)CN(CCC13CC4CC(CC(C4)C1)C3)C2. The van der Waals surface area contributed by atoms with Crippen LogP contribution in [0.2, 0.25) is 0 Å². The first-order chi connectivity index (χ1) is 10.9. The van der Waals surface area contributed by atoms with Crippen molar-refractivity contribution in [2.45, 2.75) is 78.6 Å². The molecule has 1 saturated heterocycles. The molecule has 0 radical (unpaired) electrons. The fourth-order valence-electron chi connectivity index (χ4n) is 8.30. The third-order valence-electron chi connectivity index (χ3n) is 9.80. The molecule has 5 saturated carbocycles. The highest BCUT2D eigenvalue weighted by Gasteiger charge is 2.56. The van der Waals surface area contributed by atoms with Gasteiger partial charge in [0.25, 0.3) is 0 Å². The van der Waals surface area contributed by atoms with Gasteiger partial charge in [0.1, 0.15) is 0 Å². The summed E-state index contributed by atoms with van der Waals surface area (Å²) in [6, 6.07) is 0. The summed E-state index contributed by atoms with van der Waals surface area (Å²) < 4.78 is 0. The second kappa shape index (κ2) is 4.77. The lowest BCUT2D eigenvalue weighted by molar-refractivity contribution is -0.0709. The van der Waals surface area contributed by atoms with Gasteiger partial charge in [-0.25, -0.2) is 0 Å². The summed E-state index contributed by atoms with van der Waals surface area (Å²) in [4.78, 5) is 2.89. The number of fused-ring (bicyclic) bond motifs is 2. The number of rotatable bonds is 3. The molecule has 6 rings (SSSR count). The van der Waals surface area contributed by atoms with Crippen LogP contribution in [0.25, 0.3) is 0 Å². The molecule has 1 heteroatoms. The van der Waals surface area contributed by atoms with Gasteiger partial charge in [-0.2, -0.15) is 0 Å². The van der Waals surface area contributed by atoms with E-state index in [9.17, 15) is 0 Å². The summed E-state index contributed by atoms with van der Waals surface area (Å²) in [6.07, 6.45) is 14.1. The normalized spacial score (nSPS) is 53.9. The number of likely N-dealkylation sites (tertiary alicyclic amines) is 1. The lowest BCUT2D eigenvalue weighted by Gasteiger charge is -2.58. The van der Waals surface area contributed by atoms with E-state index in [1.807, 2.05) is 0 Å². The van der Waals surface area contributed by atoms with E-state index >= 15 is 0 Å². The summed E-state index contributed by atoms with van der Waals surface area (Å²) >= 11 is 0. The smallest absolute Gasteiger partial charge is 0.00407 e. The van der Waals surface area contributed by atoms with Gasteiger partial charge in [-0.3, -0.25) is 0 Å². The van der Waals surface area contributed by atoms with Gasteiger partial charge in [0.15, 0.2) is 0 Å². The minimum absolute atomic E-state index is 0.574. The summed E-state index contributed by atoms with van der Waals surface area (Å²) in [5.41, 5.74) is 1.93. The molecule has 5 aliphatic carbocycles. The molecule has 1 aliphatic heterocycles. The molecular formula is C22H37N. The van der Waals surface area contributed by atoms with Crippen LogP contribution in [0.15, 0.2) is 0 Å². The van der Waals surface area contributed by atoms with Crippen LogP contribution in [0, 0.1) is 39.9 Å². The van der Waals surface area contributed by atoms with Crippen molar-refractivity contribution in [3.8, 4) is 0 Å². The fourth-order valence-corrected chi connectivity index (χ4v) is 8.30. The van der Waals surface area contributed by atoms with Crippen LogP contribution in [0.5, 0.6) is 0 Å². The molecule has 6 fully saturated rings. The van der Waals surface area contributed by atoms with Crippen molar-refractivity contribution < 1.29 is 0 Å². The second-order valence-corrected chi connectivity index (χ2v) is 11.4. The first-order valence-electron chi connectivity index (χ1n) is 10.6. The summed E-state index contributed by atoms with van der Waals surface area (Å²) in [7, 11) is 0.